The Kier molecular flexibility index (Phi) is 5.66. The van der Waals surface area contributed by atoms with Crippen molar-refractivity contribution in [3.63, 3.8) is 0 Å². The van der Waals surface area contributed by atoms with Crippen molar-refractivity contribution in [1.82, 2.24) is 4.90 Å². The molecule has 106 valence electrons. The number of hydrogen-bond donors (Lipinski definition) is 2. The van der Waals surface area contributed by atoms with E-state index in [2.05, 4.69) is 10.2 Å². The maximum Gasteiger partial charge on any atom is 0.144 e. The Hall–Kier alpha value is -1.07. The maximum absolute atomic E-state index is 6.08. The van der Waals surface area contributed by atoms with E-state index >= 15 is 0 Å². The molecule has 0 unspecified atom stereocenters. The zero-order chi connectivity index (χ0) is 13.5. The highest BCUT2D eigenvalue weighted by atomic mass is 32.2. The number of nitrogen functional groups attached to an aromatic ring is 1. The van der Waals surface area contributed by atoms with E-state index in [0.717, 1.165) is 24.5 Å². The monoisotopic (exact) mass is 281 g/mol. The summed E-state index contributed by atoms with van der Waals surface area (Å²) >= 11 is 2.04. The smallest absolute Gasteiger partial charge is 0.144 e. The first-order valence-corrected chi connectivity index (χ1v) is 8.02. The van der Waals surface area contributed by atoms with E-state index in [1.165, 1.54) is 24.6 Å². The second-order valence-corrected chi connectivity index (χ2v) is 5.76. The molecule has 5 heteroatoms. The minimum Gasteiger partial charge on any atom is -0.492 e. The van der Waals surface area contributed by atoms with Crippen LogP contribution in [0.25, 0.3) is 0 Å². The van der Waals surface area contributed by atoms with Crippen molar-refractivity contribution < 1.29 is 4.74 Å². The van der Waals surface area contributed by atoms with Crippen molar-refractivity contribution in [2.24, 2.45) is 0 Å². The Morgan fingerprint density at radius 1 is 1.37 bits per heavy atom. The van der Waals surface area contributed by atoms with Crippen LogP contribution in [-0.2, 0) is 0 Å². The molecule has 3 N–H and O–H groups in total. The van der Waals surface area contributed by atoms with Gasteiger partial charge in [-0.25, -0.2) is 0 Å². The van der Waals surface area contributed by atoms with E-state index in [9.17, 15) is 0 Å². The molecule has 1 aromatic rings. The van der Waals surface area contributed by atoms with Crippen LogP contribution in [0.5, 0.6) is 5.75 Å². The van der Waals surface area contributed by atoms with E-state index in [1.807, 2.05) is 36.9 Å². The molecule has 2 rings (SSSR count). The predicted octanol–water partition coefficient (Wildman–Crippen LogP) is 2.13. The van der Waals surface area contributed by atoms with E-state index in [4.69, 9.17) is 10.5 Å². The largest absolute Gasteiger partial charge is 0.492 e. The van der Waals surface area contributed by atoms with Crippen molar-refractivity contribution >= 4 is 23.1 Å². The highest BCUT2D eigenvalue weighted by Gasteiger charge is 2.10. The van der Waals surface area contributed by atoms with Crippen LogP contribution < -0.4 is 15.8 Å². The van der Waals surface area contributed by atoms with Gasteiger partial charge in [0, 0.05) is 37.7 Å². The van der Waals surface area contributed by atoms with Crippen LogP contribution in [0.1, 0.15) is 6.92 Å². The Balaban J connectivity index is 1.83. The van der Waals surface area contributed by atoms with Gasteiger partial charge in [-0.3, -0.25) is 4.90 Å². The summed E-state index contributed by atoms with van der Waals surface area (Å²) in [4.78, 5) is 2.49. The Bertz CT molecular complexity index is 394. The topological polar surface area (TPSA) is 50.5 Å². The van der Waals surface area contributed by atoms with E-state index in [0.29, 0.717) is 12.3 Å². The molecule has 0 aliphatic carbocycles. The second kappa shape index (κ2) is 7.50. The molecule has 1 aliphatic heterocycles. The van der Waals surface area contributed by atoms with Crippen LogP contribution >= 0.6 is 11.8 Å². The zero-order valence-electron chi connectivity index (χ0n) is 11.5. The lowest BCUT2D eigenvalue weighted by molar-refractivity contribution is 0.314. The molecule has 0 saturated carbocycles. The minimum atomic E-state index is 0.638. The lowest BCUT2D eigenvalue weighted by Gasteiger charge is -2.26. The van der Waals surface area contributed by atoms with E-state index < -0.39 is 0 Å². The van der Waals surface area contributed by atoms with Gasteiger partial charge >= 0.3 is 0 Å². The molecule has 19 heavy (non-hydrogen) atoms. The fourth-order valence-electron chi connectivity index (χ4n) is 2.15. The third kappa shape index (κ3) is 4.21. The summed E-state index contributed by atoms with van der Waals surface area (Å²) in [5.41, 5.74) is 7.76. The van der Waals surface area contributed by atoms with Crippen molar-refractivity contribution in [3.8, 4) is 5.75 Å². The normalized spacial score (nSPS) is 16.3. The second-order valence-electron chi connectivity index (χ2n) is 4.53. The van der Waals surface area contributed by atoms with Crippen molar-refractivity contribution in [2.75, 3.05) is 55.3 Å². The quantitative estimate of drug-likeness (QED) is 0.782. The van der Waals surface area contributed by atoms with Gasteiger partial charge in [0.1, 0.15) is 5.75 Å². The molecule has 1 aliphatic rings. The average molecular weight is 281 g/mol. The molecule has 1 heterocycles. The van der Waals surface area contributed by atoms with Crippen LogP contribution in [0, 0.1) is 0 Å². The first-order chi connectivity index (χ1) is 9.31. The number of ether oxygens (including phenoxy) is 1. The lowest BCUT2D eigenvalue weighted by Crippen LogP contribution is -2.36. The summed E-state index contributed by atoms with van der Waals surface area (Å²) in [6.45, 7) is 6.98. The van der Waals surface area contributed by atoms with Gasteiger partial charge in [0.05, 0.1) is 18.0 Å². The Morgan fingerprint density at radius 3 is 2.89 bits per heavy atom. The molecule has 1 aromatic carbocycles. The predicted molar refractivity (Wildman–Crippen MR) is 84.3 cm³/mol. The molecule has 1 fully saturated rings. The molecule has 4 nitrogen and oxygen atoms in total. The SMILES string of the molecule is CCOc1cccc(NCCN2CCSCC2)c1N. The summed E-state index contributed by atoms with van der Waals surface area (Å²) in [5.74, 6) is 3.27. The van der Waals surface area contributed by atoms with Crippen LogP contribution in [0.3, 0.4) is 0 Å². The van der Waals surface area contributed by atoms with Crippen LogP contribution in [0.2, 0.25) is 0 Å². The van der Waals surface area contributed by atoms with Crippen LogP contribution in [0.4, 0.5) is 11.4 Å². The van der Waals surface area contributed by atoms with Gasteiger partial charge in [0.15, 0.2) is 0 Å². The van der Waals surface area contributed by atoms with Crippen molar-refractivity contribution in [2.45, 2.75) is 6.92 Å². The fraction of sp³-hybridized carbons (Fsp3) is 0.571. The number of nitrogens with one attached hydrogen (secondary N) is 1. The van der Waals surface area contributed by atoms with Gasteiger partial charge in [-0.15, -0.1) is 0 Å². The average Bonchev–Trinajstić information content (AvgIpc) is 2.44. The summed E-state index contributed by atoms with van der Waals surface area (Å²) in [7, 11) is 0. The molecule has 0 amide bonds. The lowest BCUT2D eigenvalue weighted by atomic mass is 10.2. The third-order valence-electron chi connectivity index (χ3n) is 3.21. The van der Waals surface area contributed by atoms with E-state index in [1.54, 1.807) is 0 Å². The first-order valence-electron chi connectivity index (χ1n) is 6.86. The fourth-order valence-corrected chi connectivity index (χ4v) is 3.13. The van der Waals surface area contributed by atoms with Crippen LogP contribution in [0.15, 0.2) is 18.2 Å². The Morgan fingerprint density at radius 2 is 2.16 bits per heavy atom. The molecule has 0 spiro atoms. The Labute approximate surface area is 119 Å². The number of thioether (sulfide) groups is 1. The molecular formula is C14H23N3OS. The van der Waals surface area contributed by atoms with Gasteiger partial charge in [-0.2, -0.15) is 11.8 Å². The summed E-state index contributed by atoms with van der Waals surface area (Å²) in [5, 5.41) is 3.41. The van der Waals surface area contributed by atoms with Crippen molar-refractivity contribution in [1.29, 1.82) is 0 Å². The van der Waals surface area contributed by atoms with Gasteiger partial charge in [-0.05, 0) is 19.1 Å². The summed E-state index contributed by atoms with van der Waals surface area (Å²) in [6.07, 6.45) is 0. The van der Waals surface area contributed by atoms with Crippen molar-refractivity contribution in [3.05, 3.63) is 18.2 Å². The summed E-state index contributed by atoms with van der Waals surface area (Å²) in [6, 6.07) is 5.89. The molecule has 0 aromatic heterocycles. The van der Waals surface area contributed by atoms with Crippen LogP contribution in [-0.4, -0.2) is 49.2 Å². The standard InChI is InChI=1S/C14H23N3OS/c1-2-18-13-5-3-4-12(14(13)15)16-6-7-17-8-10-19-11-9-17/h3-5,16H,2,6-11,15H2,1H3. The number of hydrogen-bond acceptors (Lipinski definition) is 5. The molecule has 0 atom stereocenters. The summed E-state index contributed by atoms with van der Waals surface area (Å²) < 4.78 is 5.50. The number of para-hydroxylation sites is 1. The molecule has 0 radical (unpaired) electrons. The molecular weight excluding hydrogens is 258 g/mol. The molecule has 1 saturated heterocycles. The zero-order valence-corrected chi connectivity index (χ0v) is 12.3. The first kappa shape index (κ1) is 14.3. The number of benzene rings is 1. The maximum atomic E-state index is 6.08. The van der Waals surface area contributed by atoms with Gasteiger partial charge < -0.3 is 15.8 Å². The van der Waals surface area contributed by atoms with Gasteiger partial charge in [0.2, 0.25) is 0 Å². The highest BCUT2D eigenvalue weighted by Crippen LogP contribution is 2.29. The number of nitrogens with two attached hydrogens (primary N) is 1. The minimum absolute atomic E-state index is 0.638. The number of nitrogens with zero attached hydrogens (tertiary/aromatic N) is 1. The molecule has 0 bridgehead atoms. The number of rotatable bonds is 6. The number of anilines is 2. The third-order valence-corrected chi connectivity index (χ3v) is 4.16. The van der Waals surface area contributed by atoms with E-state index in [-0.39, 0.29) is 0 Å². The van der Waals surface area contributed by atoms with Gasteiger partial charge in [0.25, 0.3) is 0 Å². The van der Waals surface area contributed by atoms with Gasteiger partial charge in [-0.1, -0.05) is 6.07 Å². The highest BCUT2D eigenvalue weighted by molar-refractivity contribution is 7.99.